The van der Waals surface area contributed by atoms with Gasteiger partial charge in [-0.2, -0.15) is 13.2 Å². The number of nitrogens with one attached hydrogen (secondary N) is 3. The summed E-state index contributed by atoms with van der Waals surface area (Å²) in [6.07, 6.45) is 20.4. The molecule has 2 aliphatic carbocycles. The third kappa shape index (κ3) is 16.7. The molecule has 4 amide bonds. The summed E-state index contributed by atoms with van der Waals surface area (Å²) in [6.45, 7) is 13.8. The third-order valence-corrected chi connectivity index (χ3v) is 25.2. The maximum atomic E-state index is 13.2. The Hall–Kier alpha value is -8.64. The van der Waals surface area contributed by atoms with Gasteiger partial charge < -0.3 is 38.5 Å². The van der Waals surface area contributed by atoms with E-state index >= 15 is 0 Å². The van der Waals surface area contributed by atoms with Crippen LogP contribution in [0.25, 0.3) is 0 Å². The van der Waals surface area contributed by atoms with E-state index in [2.05, 4.69) is 82.5 Å². The zero-order chi connectivity index (χ0) is 74.2. The number of alkyl halides is 3. The van der Waals surface area contributed by atoms with Crippen LogP contribution in [0.3, 0.4) is 0 Å². The number of carbonyl (C=O) groups is 5. The Balaban J connectivity index is 0.000000121. The Labute approximate surface area is 626 Å². The molecular formula is C84H104F3N11O9. The van der Waals surface area contributed by atoms with Gasteiger partial charge in [-0.25, -0.2) is 24.2 Å². The molecule has 7 fully saturated rings. The highest BCUT2D eigenvalue weighted by molar-refractivity contribution is 6.05. The first-order valence-corrected chi connectivity index (χ1v) is 39.5. The Bertz CT molecular complexity index is 4020. The van der Waals surface area contributed by atoms with Crippen molar-refractivity contribution in [3.8, 4) is 0 Å². The van der Waals surface area contributed by atoms with Crippen molar-refractivity contribution >= 4 is 58.7 Å². The number of anilines is 5. The van der Waals surface area contributed by atoms with Crippen molar-refractivity contribution in [2.45, 2.75) is 208 Å². The van der Waals surface area contributed by atoms with Gasteiger partial charge in [0, 0.05) is 181 Å². The summed E-state index contributed by atoms with van der Waals surface area (Å²) in [5.74, 6) is -0.264. The van der Waals surface area contributed by atoms with E-state index in [9.17, 15) is 37.1 Å². The molecule has 23 heteroatoms. The average molecular weight is 1470 g/mol. The number of nitrogens with zero attached hydrogens (tertiary/aromatic N) is 8. The molecular weight excluding hydrogens is 1360 g/mol. The standard InChI is InChI=1S/C27H32N2O3.C21H25N5O2.C19H23F3N2O2.C17H24N2O2/c30-25(21-10-4-3-5-11-21)20-29-24-15-9-8-14-23(24)27(32-26(29)31)16-18-28(19-17-27)22-12-6-1-2-7-13-22;27-20-24-18-4-2-1-3-17(18)21(28-20)7-13-25(14-8-21)16-5-11-26(12-6-16)19-15-22-9-10-23-19;20-19(21,22)13-5-7-14(8-6-13)24-11-9-18(10-12-24)15-3-1-2-4-16(15)23-17(25)26-18;1-3-13(4-2)19-11-9-17(10-12-19)14-7-5-6-8-15(14)18-16(20)21-17/h3-5,8-11,14-15,22H,1-2,6-7,12-13,16-20H2;1-4,9-10,15-16H,5-8,11-14H2,(H,24,27);1-4,13-14H,5-12H2,(H,23,25);5-8,13H,3-4,9-12H2,1-2H3,(H,18,20). The van der Waals surface area contributed by atoms with Crippen LogP contribution in [-0.2, 0) is 41.4 Å². The molecule has 20 nitrogen and oxygen atoms in total. The van der Waals surface area contributed by atoms with E-state index in [0.29, 0.717) is 49.4 Å². The zero-order valence-electron chi connectivity index (χ0n) is 62.0. The molecule has 1 aromatic heterocycles. The Morgan fingerprint density at radius 2 is 0.888 bits per heavy atom. The number of para-hydroxylation sites is 4. The number of benzene rings is 5. The lowest BCUT2D eigenvalue weighted by Gasteiger charge is -2.48. The van der Waals surface area contributed by atoms with Gasteiger partial charge in [-0.3, -0.25) is 35.5 Å². The molecule has 10 heterocycles. The molecule has 2 saturated carbocycles. The number of carbonyl (C=O) groups excluding carboxylic acids is 5. The second-order valence-corrected chi connectivity index (χ2v) is 31.0. The molecule has 5 saturated heterocycles. The van der Waals surface area contributed by atoms with Crippen LogP contribution in [0.15, 0.2) is 146 Å². The maximum absolute atomic E-state index is 13.2. The second-order valence-electron chi connectivity index (χ2n) is 31.0. The molecule has 570 valence electrons. The number of likely N-dealkylation sites (tertiary alicyclic amines) is 4. The minimum absolute atomic E-state index is 0.00978. The molecule has 0 unspecified atom stereocenters. The predicted molar refractivity (Wildman–Crippen MR) is 406 cm³/mol. The van der Waals surface area contributed by atoms with Crippen molar-refractivity contribution in [3.63, 3.8) is 0 Å². The normalized spacial score (nSPS) is 23.5. The van der Waals surface area contributed by atoms with Crippen LogP contribution in [-0.4, -0.2) is 162 Å². The molecule has 0 radical (unpaired) electrons. The number of halogens is 3. The van der Waals surface area contributed by atoms with Crippen molar-refractivity contribution < 1.29 is 56.1 Å². The van der Waals surface area contributed by atoms with E-state index in [1.807, 2.05) is 103 Å². The van der Waals surface area contributed by atoms with Crippen LogP contribution in [0.5, 0.6) is 0 Å². The fourth-order valence-corrected chi connectivity index (χ4v) is 19.1. The number of aromatic nitrogens is 2. The minimum atomic E-state index is -4.07. The molecule has 5 aromatic carbocycles. The van der Waals surface area contributed by atoms with Crippen molar-refractivity contribution in [1.29, 1.82) is 0 Å². The van der Waals surface area contributed by atoms with Gasteiger partial charge in [0.1, 0.15) is 28.2 Å². The van der Waals surface area contributed by atoms with E-state index in [1.165, 1.54) is 56.3 Å². The van der Waals surface area contributed by atoms with Crippen LogP contribution in [0.2, 0.25) is 0 Å². The third-order valence-electron chi connectivity index (χ3n) is 25.2. The number of fused-ring (bicyclic) bond motifs is 8. The van der Waals surface area contributed by atoms with E-state index in [-0.39, 0.29) is 43.4 Å². The number of amides is 4. The molecule has 9 aliphatic heterocycles. The van der Waals surface area contributed by atoms with Crippen molar-refractivity contribution in [1.82, 2.24) is 29.6 Å². The van der Waals surface area contributed by atoms with Gasteiger partial charge in [0.05, 0.1) is 41.4 Å². The highest BCUT2D eigenvalue weighted by atomic mass is 19.4. The van der Waals surface area contributed by atoms with Gasteiger partial charge >= 0.3 is 30.5 Å². The first-order chi connectivity index (χ1) is 51.9. The fraction of sp³-hybridized carbons (Fsp3) is 0.536. The Morgan fingerprint density at radius 3 is 1.34 bits per heavy atom. The first-order valence-electron chi connectivity index (χ1n) is 39.5. The SMILES string of the molecule is CCC(CC)N1CCC2(CC1)OC(=O)Nc1ccccc12.O=C(CN1C(=O)OC2(CCN(C3CCCCCC3)CC2)c2ccccc21)c1ccccc1.O=C1Nc2ccccc2C2(CCN(C3CCC(C(F)(F)F)CC3)CC2)O1.O=C1Nc2ccccc2C2(CCN(C3CCN(c4cnccn4)CC3)CC2)O1. The summed E-state index contributed by atoms with van der Waals surface area (Å²) in [5, 5.41) is 8.39. The molecule has 4 spiro atoms. The molecule has 3 N–H and O–H groups in total. The summed E-state index contributed by atoms with van der Waals surface area (Å²) in [5.41, 5.74) is 6.21. The second kappa shape index (κ2) is 33.1. The minimum Gasteiger partial charge on any atom is -0.438 e. The van der Waals surface area contributed by atoms with E-state index in [1.54, 1.807) is 24.5 Å². The maximum Gasteiger partial charge on any atom is 0.415 e. The summed E-state index contributed by atoms with van der Waals surface area (Å²) in [4.78, 5) is 84.4. The van der Waals surface area contributed by atoms with Crippen LogP contribution in [0.4, 0.5) is 60.9 Å². The Kier molecular flexibility index (Phi) is 23.2. The topological polar surface area (TPSA) is 204 Å². The van der Waals surface area contributed by atoms with Crippen molar-refractivity contribution in [3.05, 3.63) is 174 Å². The lowest BCUT2D eigenvalue weighted by atomic mass is 9.80. The van der Waals surface area contributed by atoms with E-state index in [4.69, 9.17) is 18.9 Å². The monoisotopic (exact) mass is 1470 g/mol. The smallest absolute Gasteiger partial charge is 0.415 e. The summed E-state index contributed by atoms with van der Waals surface area (Å²) < 4.78 is 62.1. The number of rotatable bonds is 10. The van der Waals surface area contributed by atoms with Gasteiger partial charge in [0.15, 0.2) is 5.78 Å². The van der Waals surface area contributed by atoms with Gasteiger partial charge in [0.25, 0.3) is 0 Å². The number of Topliss-reactive ketones (excluding diaryl/α,β-unsaturated/α-hetero) is 1. The van der Waals surface area contributed by atoms with Crippen LogP contribution < -0.4 is 25.8 Å². The molecule has 0 bridgehead atoms. The number of ketones is 1. The summed E-state index contributed by atoms with van der Waals surface area (Å²) in [6, 6.07) is 42.9. The predicted octanol–water partition coefficient (Wildman–Crippen LogP) is 16.9. The molecule has 0 atom stereocenters. The summed E-state index contributed by atoms with van der Waals surface area (Å²) in [7, 11) is 0. The van der Waals surface area contributed by atoms with Crippen LogP contribution in [0.1, 0.15) is 188 Å². The number of ether oxygens (including phenoxy) is 4. The average Bonchev–Trinajstić information content (AvgIpc) is 0.817. The van der Waals surface area contributed by atoms with Crippen molar-refractivity contribution in [2.75, 3.05) is 97.7 Å². The lowest BCUT2D eigenvalue weighted by Crippen LogP contribution is -2.53. The number of piperidine rings is 5. The largest absolute Gasteiger partial charge is 0.438 e. The lowest BCUT2D eigenvalue weighted by molar-refractivity contribution is -0.185. The molecule has 6 aromatic rings. The van der Waals surface area contributed by atoms with Gasteiger partial charge in [-0.15, -0.1) is 0 Å². The molecule has 11 aliphatic rings. The highest BCUT2D eigenvalue weighted by Crippen LogP contribution is 2.50. The highest BCUT2D eigenvalue weighted by Gasteiger charge is 2.51. The van der Waals surface area contributed by atoms with E-state index in [0.717, 1.165) is 168 Å². The quantitative estimate of drug-likeness (QED) is 0.0663. The van der Waals surface area contributed by atoms with Gasteiger partial charge in [-0.05, 0) is 88.5 Å². The van der Waals surface area contributed by atoms with Crippen molar-refractivity contribution in [2.24, 2.45) is 5.92 Å². The Morgan fingerprint density at radius 1 is 0.477 bits per heavy atom. The van der Waals surface area contributed by atoms with Crippen LogP contribution >= 0.6 is 0 Å². The van der Waals surface area contributed by atoms with E-state index < -0.39 is 46.7 Å². The van der Waals surface area contributed by atoms with Gasteiger partial charge in [0.2, 0.25) is 0 Å². The zero-order valence-corrected chi connectivity index (χ0v) is 62.0. The first kappa shape index (κ1) is 75.2. The van der Waals surface area contributed by atoms with Crippen LogP contribution in [0, 0.1) is 5.92 Å². The summed E-state index contributed by atoms with van der Waals surface area (Å²) >= 11 is 0. The number of hydrogen-bond donors (Lipinski definition) is 3. The molecule has 17 rings (SSSR count). The number of hydrogen-bond acceptors (Lipinski definition) is 16. The fourth-order valence-electron chi connectivity index (χ4n) is 19.1. The van der Waals surface area contributed by atoms with Gasteiger partial charge in [-0.1, -0.05) is 143 Å². The molecule has 107 heavy (non-hydrogen) atoms.